The summed E-state index contributed by atoms with van der Waals surface area (Å²) in [5.41, 5.74) is -0.408. The lowest BCUT2D eigenvalue weighted by atomic mass is 10.1. The predicted molar refractivity (Wildman–Crippen MR) is 123 cm³/mol. The van der Waals surface area contributed by atoms with Gasteiger partial charge in [0, 0.05) is 24.3 Å². The van der Waals surface area contributed by atoms with Gasteiger partial charge in [-0.25, -0.2) is 4.57 Å². The van der Waals surface area contributed by atoms with Crippen LogP contribution >= 0.6 is 7.75 Å². The van der Waals surface area contributed by atoms with Crippen molar-refractivity contribution >= 4 is 25.1 Å². The molecule has 13 heteroatoms. The van der Waals surface area contributed by atoms with Crippen LogP contribution in [-0.4, -0.2) is 28.5 Å². The number of benzene rings is 2. The third-order valence-corrected chi connectivity index (χ3v) is 6.47. The third-order valence-electron chi connectivity index (χ3n) is 4.87. The van der Waals surface area contributed by atoms with Crippen molar-refractivity contribution in [2.75, 3.05) is 6.61 Å². The van der Waals surface area contributed by atoms with E-state index in [1.54, 1.807) is 0 Å². The Labute approximate surface area is 196 Å². The maximum atomic E-state index is 13.5. The second kappa shape index (κ2) is 12.1. The van der Waals surface area contributed by atoms with Gasteiger partial charge in [0.2, 0.25) is 0 Å². The monoisotopic (exact) mass is 495 g/mol. The molecule has 0 spiro atoms. The van der Waals surface area contributed by atoms with E-state index in [2.05, 4.69) is 5.09 Å². The van der Waals surface area contributed by atoms with E-state index in [0.717, 1.165) is 37.1 Å². The first-order valence-electron chi connectivity index (χ1n) is 10.5. The minimum atomic E-state index is -4.30. The summed E-state index contributed by atoms with van der Waals surface area (Å²) in [4.78, 5) is 32.9. The van der Waals surface area contributed by atoms with Gasteiger partial charge in [-0.05, 0) is 37.1 Å². The number of hydrogen-bond donors (Lipinski definition) is 1. The summed E-state index contributed by atoms with van der Waals surface area (Å²) >= 11 is 0. The van der Waals surface area contributed by atoms with Crippen molar-refractivity contribution in [1.82, 2.24) is 5.09 Å². The zero-order chi connectivity index (χ0) is 25.3. The molecule has 0 unspecified atom stereocenters. The molecule has 0 aliphatic rings. The maximum absolute atomic E-state index is 13.5. The second-order valence-electron chi connectivity index (χ2n) is 7.35. The van der Waals surface area contributed by atoms with Gasteiger partial charge in [-0.1, -0.05) is 26.7 Å². The summed E-state index contributed by atoms with van der Waals surface area (Å²) in [6.45, 7) is 5.58. The quantitative estimate of drug-likeness (QED) is 0.173. The van der Waals surface area contributed by atoms with Crippen LogP contribution in [0.5, 0.6) is 11.5 Å². The molecule has 0 saturated heterocycles. The summed E-state index contributed by atoms with van der Waals surface area (Å²) < 4.78 is 29.7. The number of nitro groups is 2. The van der Waals surface area contributed by atoms with Gasteiger partial charge in [0.1, 0.15) is 17.5 Å². The van der Waals surface area contributed by atoms with Gasteiger partial charge in [-0.3, -0.25) is 25.0 Å². The van der Waals surface area contributed by atoms with Gasteiger partial charge >= 0.3 is 13.7 Å². The standard InChI is InChI=1S/C21H26N3O9P/c1-4-16(5-2)14-31-21(25)15(3)22-34(30,32-19-10-6-17(7-11-19)23(26)27)33-20-12-8-18(9-13-20)24(28)29/h6-13,15-16H,4-5,14H2,1-3H3,(H,22,30)/t15-/m0/s1. The van der Waals surface area contributed by atoms with E-state index in [0.29, 0.717) is 0 Å². The Morgan fingerprint density at radius 3 is 1.68 bits per heavy atom. The Bertz CT molecular complexity index is 977. The van der Waals surface area contributed by atoms with Crippen LogP contribution < -0.4 is 14.1 Å². The number of hydrogen-bond acceptors (Lipinski definition) is 9. The van der Waals surface area contributed by atoms with E-state index in [4.69, 9.17) is 13.8 Å². The number of esters is 1. The van der Waals surface area contributed by atoms with Crippen molar-refractivity contribution in [1.29, 1.82) is 0 Å². The fourth-order valence-corrected chi connectivity index (χ4v) is 4.27. The summed E-state index contributed by atoms with van der Waals surface area (Å²) in [5, 5.41) is 24.2. The van der Waals surface area contributed by atoms with E-state index in [9.17, 15) is 29.6 Å². The molecule has 34 heavy (non-hydrogen) atoms. The minimum Gasteiger partial charge on any atom is -0.464 e. The average molecular weight is 495 g/mol. The normalized spacial score (nSPS) is 12.1. The van der Waals surface area contributed by atoms with E-state index in [-0.39, 0.29) is 35.4 Å². The molecule has 0 saturated carbocycles. The van der Waals surface area contributed by atoms with Gasteiger partial charge in [0.15, 0.2) is 0 Å². The molecular weight excluding hydrogens is 469 g/mol. The second-order valence-corrected chi connectivity index (χ2v) is 8.96. The Hall–Kier alpha value is -3.50. The van der Waals surface area contributed by atoms with Crippen molar-refractivity contribution in [2.24, 2.45) is 5.92 Å². The summed E-state index contributed by atoms with van der Waals surface area (Å²) in [5.74, 6) is -0.538. The lowest BCUT2D eigenvalue weighted by Crippen LogP contribution is -2.36. The summed E-state index contributed by atoms with van der Waals surface area (Å²) in [6, 6.07) is 8.40. The Morgan fingerprint density at radius 1 is 0.912 bits per heavy atom. The van der Waals surface area contributed by atoms with Gasteiger partial charge < -0.3 is 13.8 Å². The number of carbonyl (C=O) groups excluding carboxylic acids is 1. The third kappa shape index (κ3) is 7.82. The van der Waals surface area contributed by atoms with Crippen molar-refractivity contribution in [2.45, 2.75) is 39.7 Å². The average Bonchev–Trinajstić information content (AvgIpc) is 2.80. The number of non-ortho nitro benzene ring substituents is 2. The topological polar surface area (TPSA) is 160 Å². The molecule has 0 aliphatic heterocycles. The fraction of sp³-hybridized carbons (Fsp3) is 0.381. The van der Waals surface area contributed by atoms with Gasteiger partial charge in [0.05, 0.1) is 16.5 Å². The Morgan fingerprint density at radius 2 is 1.32 bits per heavy atom. The molecule has 12 nitrogen and oxygen atoms in total. The van der Waals surface area contributed by atoms with Gasteiger partial charge in [-0.2, -0.15) is 5.09 Å². The molecule has 0 heterocycles. The largest absolute Gasteiger partial charge is 0.513 e. The highest BCUT2D eigenvalue weighted by molar-refractivity contribution is 7.52. The van der Waals surface area contributed by atoms with Crippen LogP contribution in [-0.2, 0) is 14.1 Å². The summed E-state index contributed by atoms with van der Waals surface area (Å²) in [7, 11) is -4.30. The molecular formula is C21H26N3O9P. The molecule has 0 amide bonds. The van der Waals surface area contributed by atoms with Crippen molar-refractivity contribution in [3.8, 4) is 11.5 Å². The lowest BCUT2D eigenvalue weighted by Gasteiger charge is -2.23. The highest BCUT2D eigenvalue weighted by atomic mass is 31.2. The Kier molecular flexibility index (Phi) is 9.52. The van der Waals surface area contributed by atoms with Crippen LogP contribution in [0.4, 0.5) is 11.4 Å². The molecule has 184 valence electrons. The number of nitrogens with zero attached hydrogens (tertiary/aromatic N) is 2. The first-order chi connectivity index (χ1) is 16.1. The Balaban J connectivity index is 2.22. The number of ether oxygens (including phenoxy) is 1. The zero-order valence-corrected chi connectivity index (χ0v) is 19.8. The van der Waals surface area contributed by atoms with E-state index < -0.39 is 29.6 Å². The lowest BCUT2D eigenvalue weighted by molar-refractivity contribution is -0.385. The smallest absolute Gasteiger partial charge is 0.464 e. The fourth-order valence-electron chi connectivity index (χ4n) is 2.75. The molecule has 1 atom stereocenters. The predicted octanol–water partition coefficient (Wildman–Crippen LogP) is 5.03. The van der Waals surface area contributed by atoms with Crippen LogP contribution in [0.25, 0.3) is 0 Å². The molecule has 0 fully saturated rings. The molecule has 0 aromatic heterocycles. The van der Waals surface area contributed by atoms with Crippen LogP contribution in [0.15, 0.2) is 48.5 Å². The molecule has 0 aliphatic carbocycles. The number of nitro benzene ring substituents is 2. The van der Waals surface area contributed by atoms with Crippen LogP contribution in [0.1, 0.15) is 33.6 Å². The highest BCUT2D eigenvalue weighted by Gasteiger charge is 2.34. The van der Waals surface area contributed by atoms with E-state index >= 15 is 0 Å². The first kappa shape index (κ1) is 26.7. The SMILES string of the molecule is CCC(CC)COC(=O)[C@H](C)NP(=O)(Oc1ccc([N+](=O)[O-])cc1)Oc1ccc([N+](=O)[O-])cc1. The van der Waals surface area contributed by atoms with E-state index in [1.165, 1.54) is 31.2 Å². The highest BCUT2D eigenvalue weighted by Crippen LogP contribution is 2.45. The van der Waals surface area contributed by atoms with Crippen molar-refractivity contribution in [3.63, 3.8) is 0 Å². The summed E-state index contributed by atoms with van der Waals surface area (Å²) in [6.07, 6.45) is 1.66. The first-order valence-corrected chi connectivity index (χ1v) is 12.0. The molecule has 0 radical (unpaired) electrons. The van der Waals surface area contributed by atoms with Crippen molar-refractivity contribution < 1.29 is 33.0 Å². The van der Waals surface area contributed by atoms with Crippen molar-refractivity contribution in [3.05, 3.63) is 68.8 Å². The molecule has 2 aromatic carbocycles. The maximum Gasteiger partial charge on any atom is 0.513 e. The van der Waals surface area contributed by atoms with Crippen LogP contribution in [0.3, 0.4) is 0 Å². The number of carbonyl (C=O) groups is 1. The number of rotatable bonds is 13. The number of nitrogens with one attached hydrogen (secondary N) is 1. The molecule has 1 N–H and O–H groups in total. The van der Waals surface area contributed by atoms with Gasteiger partial charge in [-0.15, -0.1) is 0 Å². The van der Waals surface area contributed by atoms with Crippen LogP contribution in [0.2, 0.25) is 0 Å². The van der Waals surface area contributed by atoms with Gasteiger partial charge in [0.25, 0.3) is 11.4 Å². The molecule has 2 rings (SSSR count). The molecule has 0 bridgehead atoms. The van der Waals surface area contributed by atoms with Crippen LogP contribution in [0, 0.1) is 26.1 Å². The minimum absolute atomic E-state index is 0.0269. The zero-order valence-electron chi connectivity index (χ0n) is 18.9. The van der Waals surface area contributed by atoms with E-state index in [1.807, 2.05) is 13.8 Å². The molecule has 2 aromatic rings.